The Morgan fingerprint density at radius 1 is 1.13 bits per heavy atom. The predicted octanol–water partition coefficient (Wildman–Crippen LogP) is 3.46. The van der Waals surface area contributed by atoms with Crippen molar-refractivity contribution in [3.05, 3.63) is 59.2 Å². The summed E-state index contributed by atoms with van der Waals surface area (Å²) in [4.78, 5) is 14.1. The molecule has 1 N–H and O–H groups in total. The molecule has 4 nitrogen and oxygen atoms in total. The summed E-state index contributed by atoms with van der Waals surface area (Å²) in [6.45, 7) is 3.65. The highest BCUT2D eigenvalue weighted by Gasteiger charge is 2.38. The Hall–Kier alpha value is -2.49. The molecule has 0 bridgehead atoms. The van der Waals surface area contributed by atoms with Crippen LogP contribution in [0.2, 0.25) is 0 Å². The van der Waals surface area contributed by atoms with E-state index in [1.807, 2.05) is 62.3 Å². The molecule has 0 fully saturated rings. The molecule has 0 radical (unpaired) electrons. The number of carboxylic acid groups (broad SMARTS) is 1. The van der Waals surface area contributed by atoms with E-state index in [-0.39, 0.29) is 0 Å². The number of carboxylic acids is 1. The smallest absolute Gasteiger partial charge is 0.318 e. The fraction of sp³-hybridized carbons (Fsp3) is 0.316. The van der Waals surface area contributed by atoms with E-state index in [0.29, 0.717) is 0 Å². The van der Waals surface area contributed by atoms with Gasteiger partial charge in [0, 0.05) is 19.8 Å². The number of aryl methyl sites for hydroxylation is 1. The molecule has 0 spiro atoms. The maximum absolute atomic E-state index is 12.1. The highest BCUT2D eigenvalue weighted by Crippen LogP contribution is 2.36. The molecule has 1 atom stereocenters. The summed E-state index contributed by atoms with van der Waals surface area (Å²) in [7, 11) is 5.52. The number of aliphatic carboxylic acids is 1. The lowest BCUT2D eigenvalue weighted by Gasteiger charge is -2.28. The van der Waals surface area contributed by atoms with Crippen molar-refractivity contribution in [3.8, 4) is 5.75 Å². The zero-order chi connectivity index (χ0) is 17.2. The van der Waals surface area contributed by atoms with Crippen LogP contribution < -0.4 is 9.64 Å². The van der Waals surface area contributed by atoms with Crippen molar-refractivity contribution in [2.75, 3.05) is 26.1 Å². The topological polar surface area (TPSA) is 49.8 Å². The van der Waals surface area contributed by atoms with E-state index in [9.17, 15) is 9.90 Å². The van der Waals surface area contributed by atoms with Crippen LogP contribution in [0.3, 0.4) is 0 Å². The van der Waals surface area contributed by atoms with Gasteiger partial charge < -0.3 is 14.7 Å². The summed E-state index contributed by atoms with van der Waals surface area (Å²) in [5, 5.41) is 9.93. The molecule has 122 valence electrons. The van der Waals surface area contributed by atoms with E-state index < -0.39 is 11.4 Å². The highest BCUT2D eigenvalue weighted by molar-refractivity contribution is 5.86. The van der Waals surface area contributed by atoms with Crippen molar-refractivity contribution in [2.24, 2.45) is 0 Å². The third-order valence-electron chi connectivity index (χ3n) is 4.36. The monoisotopic (exact) mass is 313 g/mol. The van der Waals surface area contributed by atoms with Crippen molar-refractivity contribution >= 4 is 11.7 Å². The minimum Gasteiger partial charge on any atom is -0.497 e. The van der Waals surface area contributed by atoms with E-state index in [1.54, 1.807) is 20.1 Å². The number of hydrogen-bond acceptors (Lipinski definition) is 3. The quantitative estimate of drug-likeness (QED) is 0.918. The van der Waals surface area contributed by atoms with Gasteiger partial charge in [0.25, 0.3) is 0 Å². The number of nitrogens with zero attached hydrogens (tertiary/aromatic N) is 1. The van der Waals surface area contributed by atoms with Gasteiger partial charge in [-0.25, -0.2) is 0 Å². The van der Waals surface area contributed by atoms with Gasteiger partial charge in [0.2, 0.25) is 0 Å². The zero-order valence-corrected chi connectivity index (χ0v) is 14.3. The summed E-state index contributed by atoms with van der Waals surface area (Å²) in [5.74, 6) is -0.148. The van der Waals surface area contributed by atoms with Gasteiger partial charge in [0.15, 0.2) is 0 Å². The van der Waals surface area contributed by atoms with Crippen LogP contribution in [0.1, 0.15) is 23.6 Å². The molecule has 0 saturated carbocycles. The van der Waals surface area contributed by atoms with Crippen LogP contribution in [0.4, 0.5) is 5.69 Å². The van der Waals surface area contributed by atoms with Crippen LogP contribution in [0.25, 0.3) is 0 Å². The molecule has 2 aromatic rings. The Kier molecular flexibility index (Phi) is 4.64. The van der Waals surface area contributed by atoms with Crippen LogP contribution in [0.15, 0.2) is 42.5 Å². The molecule has 2 aromatic carbocycles. The van der Waals surface area contributed by atoms with Crippen LogP contribution in [0, 0.1) is 6.92 Å². The van der Waals surface area contributed by atoms with Crippen molar-refractivity contribution < 1.29 is 14.6 Å². The summed E-state index contributed by atoms with van der Waals surface area (Å²) in [6.07, 6.45) is 0. The second kappa shape index (κ2) is 6.32. The first-order valence-corrected chi connectivity index (χ1v) is 7.47. The number of ether oxygens (including phenoxy) is 1. The van der Waals surface area contributed by atoms with Crippen molar-refractivity contribution in [3.63, 3.8) is 0 Å². The molecular weight excluding hydrogens is 290 g/mol. The van der Waals surface area contributed by atoms with Gasteiger partial charge in [-0.2, -0.15) is 0 Å². The van der Waals surface area contributed by atoms with Crippen molar-refractivity contribution in [1.29, 1.82) is 0 Å². The summed E-state index contributed by atoms with van der Waals surface area (Å²) in [5.41, 5.74) is 2.34. The molecular formula is C19H23NO3. The fourth-order valence-electron chi connectivity index (χ4n) is 2.81. The van der Waals surface area contributed by atoms with Crippen molar-refractivity contribution in [1.82, 2.24) is 0 Å². The first-order valence-electron chi connectivity index (χ1n) is 7.47. The first-order chi connectivity index (χ1) is 10.8. The van der Waals surface area contributed by atoms with Gasteiger partial charge >= 0.3 is 5.97 Å². The molecule has 0 aliphatic carbocycles. The number of rotatable bonds is 5. The standard InChI is InChI=1S/C19H23NO3/c1-13-12-16(23-5)10-11-17(13)19(2,18(21)22)14-6-8-15(9-7-14)20(3)4/h6-12H,1-5H3,(H,21,22). The maximum Gasteiger partial charge on any atom is 0.318 e. The number of carbonyl (C=O) groups is 1. The molecule has 0 heterocycles. The molecule has 23 heavy (non-hydrogen) atoms. The summed E-state index contributed by atoms with van der Waals surface area (Å²) >= 11 is 0. The van der Waals surface area contributed by atoms with Crippen LogP contribution in [-0.2, 0) is 10.2 Å². The Morgan fingerprint density at radius 2 is 1.74 bits per heavy atom. The molecule has 0 saturated heterocycles. The van der Waals surface area contributed by atoms with Crippen LogP contribution >= 0.6 is 0 Å². The third-order valence-corrected chi connectivity index (χ3v) is 4.36. The van der Waals surface area contributed by atoms with Gasteiger partial charge in [0.05, 0.1) is 7.11 Å². The average molecular weight is 313 g/mol. The van der Waals surface area contributed by atoms with Gasteiger partial charge in [0.1, 0.15) is 11.2 Å². The highest BCUT2D eigenvalue weighted by atomic mass is 16.5. The van der Waals surface area contributed by atoms with E-state index >= 15 is 0 Å². The van der Waals surface area contributed by atoms with Gasteiger partial charge in [-0.1, -0.05) is 18.2 Å². The predicted molar refractivity (Wildman–Crippen MR) is 92.6 cm³/mol. The minimum atomic E-state index is -1.11. The second-order valence-corrected chi connectivity index (χ2v) is 6.05. The largest absolute Gasteiger partial charge is 0.497 e. The van der Waals surface area contributed by atoms with Crippen LogP contribution in [0.5, 0.6) is 5.75 Å². The number of benzene rings is 2. The lowest BCUT2D eigenvalue weighted by molar-refractivity contribution is -0.141. The van der Waals surface area contributed by atoms with Crippen LogP contribution in [-0.4, -0.2) is 32.3 Å². The number of hydrogen-bond donors (Lipinski definition) is 1. The lowest BCUT2D eigenvalue weighted by atomic mass is 9.74. The second-order valence-electron chi connectivity index (χ2n) is 6.05. The van der Waals surface area contributed by atoms with Gasteiger partial charge in [-0.15, -0.1) is 0 Å². The Labute approximate surface area is 137 Å². The molecule has 1 unspecified atom stereocenters. The molecule has 0 amide bonds. The van der Waals surface area contributed by atoms with E-state index in [0.717, 1.165) is 28.1 Å². The van der Waals surface area contributed by atoms with E-state index in [2.05, 4.69) is 0 Å². The Morgan fingerprint density at radius 3 is 2.17 bits per heavy atom. The average Bonchev–Trinajstić information content (AvgIpc) is 2.53. The number of anilines is 1. The van der Waals surface area contributed by atoms with E-state index in [4.69, 9.17) is 4.74 Å². The van der Waals surface area contributed by atoms with Gasteiger partial charge in [-0.3, -0.25) is 4.79 Å². The SMILES string of the molecule is COc1ccc(C(C)(C(=O)O)c2ccc(N(C)C)cc2)c(C)c1. The molecule has 4 heteroatoms. The molecule has 0 aliphatic rings. The summed E-state index contributed by atoms with van der Waals surface area (Å²) < 4.78 is 5.22. The lowest BCUT2D eigenvalue weighted by Crippen LogP contribution is -2.34. The van der Waals surface area contributed by atoms with Gasteiger partial charge in [-0.05, 0) is 54.8 Å². The molecule has 0 aliphatic heterocycles. The minimum absolute atomic E-state index is 0.724. The molecule has 2 rings (SSSR count). The fourth-order valence-corrected chi connectivity index (χ4v) is 2.81. The zero-order valence-electron chi connectivity index (χ0n) is 14.3. The normalized spacial score (nSPS) is 13.3. The van der Waals surface area contributed by atoms with E-state index in [1.165, 1.54) is 0 Å². The van der Waals surface area contributed by atoms with Crippen molar-refractivity contribution in [2.45, 2.75) is 19.3 Å². The maximum atomic E-state index is 12.1. The summed E-state index contributed by atoms with van der Waals surface area (Å²) in [6, 6.07) is 13.1. The third kappa shape index (κ3) is 3.02. The Bertz CT molecular complexity index is 707. The Balaban J connectivity index is 2.57. The molecule has 0 aromatic heterocycles. The first kappa shape index (κ1) is 16.9. The number of methoxy groups -OCH3 is 1.